The average molecular weight is 343 g/mol. The van der Waals surface area contributed by atoms with Gasteiger partial charge < -0.3 is 9.88 Å². The Bertz CT molecular complexity index is 850. The largest absolute Gasteiger partial charge is 0.338 e. The Morgan fingerprint density at radius 1 is 1.28 bits per heavy atom. The maximum Gasteiger partial charge on any atom is 0.256 e. The van der Waals surface area contributed by atoms with Crippen LogP contribution in [0.25, 0.3) is 11.4 Å². The molecule has 0 fully saturated rings. The molecule has 0 saturated heterocycles. The lowest BCUT2D eigenvalue weighted by molar-refractivity contribution is -0.134. The van der Waals surface area contributed by atoms with Gasteiger partial charge >= 0.3 is 0 Å². The molecule has 0 atom stereocenters. The van der Waals surface area contributed by atoms with E-state index in [4.69, 9.17) is 0 Å². The Balaban J connectivity index is 1.86. The molecule has 0 saturated carbocycles. The summed E-state index contributed by atoms with van der Waals surface area (Å²) >= 11 is 0. The number of carbonyl (C=O) groups is 1. The molecular weight excluding hydrogens is 321 g/mol. The van der Waals surface area contributed by atoms with Crippen molar-refractivity contribution in [3.8, 4) is 11.4 Å². The second kappa shape index (κ2) is 6.43. The van der Waals surface area contributed by atoms with Crippen molar-refractivity contribution in [2.24, 2.45) is 5.41 Å². The van der Waals surface area contributed by atoms with Crippen LogP contribution in [0.1, 0.15) is 38.4 Å². The van der Waals surface area contributed by atoms with Gasteiger partial charge in [-0.25, -0.2) is 9.37 Å². The van der Waals surface area contributed by atoms with Gasteiger partial charge in [0.15, 0.2) is 0 Å². The summed E-state index contributed by atoms with van der Waals surface area (Å²) in [6, 6.07) is 5.84. The lowest BCUT2D eigenvalue weighted by Crippen LogP contribution is -2.40. The van der Waals surface area contributed by atoms with Gasteiger partial charge in [-0.05, 0) is 29.7 Å². The molecule has 6 heteroatoms. The van der Waals surface area contributed by atoms with Crippen LogP contribution in [-0.2, 0) is 17.8 Å². The fraction of sp³-hybridized carbons (Fsp3) is 0.421. The molecule has 5 nitrogen and oxygen atoms in total. The molecule has 0 bridgehead atoms. The van der Waals surface area contributed by atoms with Crippen LogP contribution in [0.3, 0.4) is 0 Å². The lowest BCUT2D eigenvalue weighted by Gasteiger charge is -2.30. The number of halogens is 1. The van der Waals surface area contributed by atoms with Crippen LogP contribution in [0.15, 0.2) is 29.1 Å². The molecule has 1 N–H and O–H groups in total. The van der Waals surface area contributed by atoms with Crippen LogP contribution in [-0.4, -0.2) is 27.3 Å². The minimum atomic E-state index is -0.336. The number of benzene rings is 1. The predicted molar refractivity (Wildman–Crippen MR) is 93.4 cm³/mol. The first-order valence-electron chi connectivity index (χ1n) is 8.39. The second-order valence-electron chi connectivity index (χ2n) is 7.65. The number of hydrogen-bond donors (Lipinski definition) is 1. The first kappa shape index (κ1) is 17.3. The topological polar surface area (TPSA) is 66.1 Å². The number of hydrogen-bond acceptors (Lipinski definition) is 3. The van der Waals surface area contributed by atoms with E-state index >= 15 is 0 Å². The zero-order chi connectivity index (χ0) is 18.2. The smallest absolute Gasteiger partial charge is 0.256 e. The number of nitrogens with one attached hydrogen (secondary N) is 1. The third-order valence-electron chi connectivity index (χ3n) is 4.22. The summed E-state index contributed by atoms with van der Waals surface area (Å²) in [6.07, 6.45) is 0.991. The summed E-state index contributed by atoms with van der Waals surface area (Å²) < 4.78 is 13.1. The molecule has 0 aliphatic carbocycles. The van der Waals surface area contributed by atoms with Gasteiger partial charge in [0.2, 0.25) is 5.91 Å². The minimum Gasteiger partial charge on any atom is -0.338 e. The molecule has 1 aliphatic heterocycles. The number of nitrogens with zero attached hydrogens (tertiary/aromatic N) is 2. The molecule has 2 aromatic rings. The van der Waals surface area contributed by atoms with Crippen LogP contribution in [0.4, 0.5) is 4.39 Å². The van der Waals surface area contributed by atoms with E-state index in [0.717, 1.165) is 0 Å². The van der Waals surface area contributed by atoms with Crippen LogP contribution in [0, 0.1) is 11.2 Å². The molecule has 0 radical (unpaired) electrons. The summed E-state index contributed by atoms with van der Waals surface area (Å²) in [6.45, 7) is 6.90. The van der Waals surface area contributed by atoms with Gasteiger partial charge in [0, 0.05) is 24.9 Å². The van der Waals surface area contributed by atoms with Gasteiger partial charge in [-0.2, -0.15) is 0 Å². The first-order chi connectivity index (χ1) is 11.7. The number of fused-ring (bicyclic) bond motifs is 1. The van der Waals surface area contributed by atoms with Gasteiger partial charge in [-0.3, -0.25) is 9.59 Å². The SMILES string of the molecule is CC(C)(C)CC(=O)N1CCc2nc(-c3ccc(F)cc3)[nH]c(=O)c2C1. The van der Waals surface area contributed by atoms with Crippen molar-refractivity contribution < 1.29 is 9.18 Å². The van der Waals surface area contributed by atoms with E-state index in [9.17, 15) is 14.0 Å². The van der Waals surface area contributed by atoms with Crippen molar-refractivity contribution in [2.75, 3.05) is 6.54 Å². The standard InChI is InChI=1S/C19H22FN3O2/c1-19(2,3)10-16(24)23-9-8-15-14(11-23)18(25)22-17(21-15)12-4-6-13(20)7-5-12/h4-7H,8-11H2,1-3H3,(H,21,22,25). The zero-order valence-corrected chi connectivity index (χ0v) is 14.7. The number of carbonyl (C=O) groups excluding carboxylic acids is 1. The van der Waals surface area contributed by atoms with E-state index in [1.165, 1.54) is 12.1 Å². The molecule has 1 aromatic heterocycles. The normalized spacial score (nSPS) is 14.3. The number of H-pyrrole nitrogens is 1. The maximum atomic E-state index is 13.1. The fourth-order valence-electron chi connectivity index (χ4n) is 2.95. The van der Waals surface area contributed by atoms with Crippen molar-refractivity contribution in [1.82, 2.24) is 14.9 Å². The molecule has 1 aromatic carbocycles. The lowest BCUT2D eigenvalue weighted by atomic mass is 9.91. The Hall–Kier alpha value is -2.50. The van der Waals surface area contributed by atoms with E-state index in [2.05, 4.69) is 9.97 Å². The van der Waals surface area contributed by atoms with Crippen molar-refractivity contribution in [3.05, 3.63) is 51.7 Å². The molecule has 3 rings (SSSR count). The van der Waals surface area contributed by atoms with Gasteiger partial charge in [0.25, 0.3) is 5.56 Å². The fourth-order valence-corrected chi connectivity index (χ4v) is 2.95. The molecule has 0 spiro atoms. The van der Waals surface area contributed by atoms with Crippen LogP contribution >= 0.6 is 0 Å². The third kappa shape index (κ3) is 3.95. The Kier molecular flexibility index (Phi) is 4.45. The van der Waals surface area contributed by atoms with Crippen molar-refractivity contribution in [3.63, 3.8) is 0 Å². The van der Waals surface area contributed by atoms with Crippen LogP contribution < -0.4 is 5.56 Å². The predicted octanol–water partition coefficient (Wildman–Crippen LogP) is 2.90. The maximum absolute atomic E-state index is 13.1. The Morgan fingerprint density at radius 3 is 2.60 bits per heavy atom. The van der Waals surface area contributed by atoms with Crippen LogP contribution in [0.5, 0.6) is 0 Å². The highest BCUT2D eigenvalue weighted by molar-refractivity contribution is 5.77. The molecular formula is C19H22FN3O2. The molecule has 25 heavy (non-hydrogen) atoms. The summed E-state index contributed by atoms with van der Waals surface area (Å²) in [7, 11) is 0. The Morgan fingerprint density at radius 2 is 1.96 bits per heavy atom. The summed E-state index contributed by atoms with van der Waals surface area (Å²) in [5.74, 6) is 0.149. The highest BCUT2D eigenvalue weighted by Crippen LogP contribution is 2.23. The number of aromatic amines is 1. The number of aromatic nitrogens is 2. The summed E-state index contributed by atoms with van der Waals surface area (Å²) in [5, 5.41) is 0. The van der Waals surface area contributed by atoms with Gasteiger partial charge in [0.1, 0.15) is 11.6 Å². The van der Waals surface area contributed by atoms with Crippen molar-refractivity contribution in [2.45, 2.75) is 40.2 Å². The van der Waals surface area contributed by atoms with E-state index in [-0.39, 0.29) is 29.2 Å². The number of rotatable bonds is 2. The molecule has 1 aliphatic rings. The van der Waals surface area contributed by atoms with Gasteiger partial charge in [0.05, 0.1) is 17.8 Å². The summed E-state index contributed by atoms with van der Waals surface area (Å²) in [5.41, 5.74) is 1.58. The second-order valence-corrected chi connectivity index (χ2v) is 7.65. The van der Waals surface area contributed by atoms with Gasteiger partial charge in [-0.15, -0.1) is 0 Å². The van der Waals surface area contributed by atoms with Gasteiger partial charge in [-0.1, -0.05) is 20.8 Å². The van der Waals surface area contributed by atoms with Crippen molar-refractivity contribution >= 4 is 5.91 Å². The van der Waals surface area contributed by atoms with E-state index in [0.29, 0.717) is 42.0 Å². The quantitative estimate of drug-likeness (QED) is 0.912. The zero-order valence-electron chi connectivity index (χ0n) is 14.7. The minimum absolute atomic E-state index is 0.0557. The molecule has 2 heterocycles. The molecule has 0 unspecified atom stereocenters. The molecule has 132 valence electrons. The monoisotopic (exact) mass is 343 g/mol. The highest BCUT2D eigenvalue weighted by Gasteiger charge is 2.27. The molecule has 1 amide bonds. The Labute approximate surface area is 145 Å². The third-order valence-corrected chi connectivity index (χ3v) is 4.22. The van der Waals surface area contributed by atoms with Crippen LogP contribution in [0.2, 0.25) is 0 Å². The first-order valence-corrected chi connectivity index (χ1v) is 8.39. The highest BCUT2D eigenvalue weighted by atomic mass is 19.1. The van der Waals surface area contributed by atoms with E-state index in [1.54, 1.807) is 17.0 Å². The van der Waals surface area contributed by atoms with E-state index in [1.807, 2.05) is 20.8 Å². The van der Waals surface area contributed by atoms with Crippen molar-refractivity contribution in [1.29, 1.82) is 0 Å². The number of amides is 1. The summed E-state index contributed by atoms with van der Waals surface area (Å²) in [4.78, 5) is 33.9. The average Bonchev–Trinajstić information content (AvgIpc) is 2.53. The van der Waals surface area contributed by atoms with E-state index < -0.39 is 0 Å².